The van der Waals surface area contributed by atoms with Crippen LogP contribution in [0, 0.1) is 0 Å². The maximum Gasteiger partial charge on any atom is 0.118 e. The fourth-order valence-electron chi connectivity index (χ4n) is 4.40. The van der Waals surface area contributed by atoms with Crippen molar-refractivity contribution in [2.75, 3.05) is 11.5 Å². The number of fused-ring (bicyclic) bond motifs is 8. The Morgan fingerprint density at radius 3 is 1.58 bits per heavy atom. The van der Waals surface area contributed by atoms with Crippen LogP contribution in [-0.2, 0) is 0 Å². The molecule has 4 nitrogen and oxygen atoms in total. The standard InChI is InChI=1S/C28H22N4S6/c1-3-11-33-25-26(34-12-4-2)38-28(37-25)27-35-19-13-17-18(14-20(19)36-27)32-24-22-16(8-6-10-30-22)15-7-5-9-29-21(15)23(24)31-17/h5-10,13-14H,3-4,11-12H2,1-2H3. The molecule has 0 aliphatic carbocycles. The molecule has 7 rings (SSSR count). The number of hydrogen-bond donors (Lipinski definition) is 0. The third-order valence-corrected chi connectivity index (χ3v) is 15.0. The van der Waals surface area contributed by atoms with E-state index >= 15 is 0 Å². The molecule has 38 heavy (non-hydrogen) atoms. The minimum Gasteiger partial charge on any atom is -0.254 e. The molecule has 5 heterocycles. The van der Waals surface area contributed by atoms with E-state index in [1.54, 1.807) is 0 Å². The van der Waals surface area contributed by atoms with Gasteiger partial charge in [0.1, 0.15) is 11.0 Å². The zero-order valence-electron chi connectivity index (χ0n) is 20.7. The third-order valence-electron chi connectivity index (χ3n) is 6.07. The van der Waals surface area contributed by atoms with E-state index in [0.717, 1.165) is 43.9 Å². The van der Waals surface area contributed by atoms with Crippen LogP contribution < -0.4 is 0 Å². The molecule has 2 aliphatic heterocycles. The summed E-state index contributed by atoms with van der Waals surface area (Å²) < 4.78 is 5.74. The van der Waals surface area contributed by atoms with Crippen molar-refractivity contribution in [1.29, 1.82) is 0 Å². The maximum atomic E-state index is 5.12. The van der Waals surface area contributed by atoms with Gasteiger partial charge in [-0.2, -0.15) is 0 Å². The second kappa shape index (κ2) is 10.8. The van der Waals surface area contributed by atoms with Gasteiger partial charge >= 0.3 is 0 Å². The van der Waals surface area contributed by atoms with Crippen LogP contribution in [0.4, 0.5) is 0 Å². The Morgan fingerprint density at radius 1 is 0.632 bits per heavy atom. The Morgan fingerprint density at radius 2 is 1.11 bits per heavy atom. The van der Waals surface area contributed by atoms with Crippen LogP contribution in [0.25, 0.3) is 43.9 Å². The molecule has 0 saturated heterocycles. The van der Waals surface area contributed by atoms with Crippen molar-refractivity contribution in [2.24, 2.45) is 0 Å². The second-order valence-corrected chi connectivity index (χ2v) is 16.2. The normalized spacial score (nSPS) is 15.6. The molecule has 2 aromatic carbocycles. The molecule has 5 aromatic rings. The molecule has 2 aliphatic rings. The third kappa shape index (κ3) is 4.51. The van der Waals surface area contributed by atoms with Crippen LogP contribution in [-0.4, -0.2) is 31.4 Å². The van der Waals surface area contributed by atoms with E-state index in [4.69, 9.17) is 19.9 Å². The van der Waals surface area contributed by atoms with Gasteiger partial charge in [-0.25, -0.2) is 9.97 Å². The van der Waals surface area contributed by atoms with Gasteiger partial charge in [0.25, 0.3) is 0 Å². The minimum atomic E-state index is 0.815. The van der Waals surface area contributed by atoms with Crippen LogP contribution >= 0.6 is 70.6 Å². The molecule has 0 amide bonds. The number of benzene rings is 2. The largest absolute Gasteiger partial charge is 0.254 e. The highest BCUT2D eigenvalue weighted by atomic mass is 32.3. The van der Waals surface area contributed by atoms with E-state index in [0.29, 0.717) is 0 Å². The molecule has 0 bridgehead atoms. The van der Waals surface area contributed by atoms with Gasteiger partial charge < -0.3 is 0 Å². The average Bonchev–Trinajstić information content (AvgIpc) is 3.56. The average molecular weight is 607 g/mol. The first-order valence-corrected chi connectivity index (χ1v) is 17.7. The van der Waals surface area contributed by atoms with Crippen molar-refractivity contribution < 1.29 is 0 Å². The SMILES string of the molecule is CCCSC1=C(SCCC)SC(=C2Sc3cc4nc5c6ncccc6c6cccnc6c5nc4cc3S2)S1. The monoisotopic (exact) mass is 606 g/mol. The van der Waals surface area contributed by atoms with Gasteiger partial charge in [-0.1, -0.05) is 73.0 Å². The Bertz CT molecular complexity index is 1690. The van der Waals surface area contributed by atoms with Crippen molar-refractivity contribution in [3.8, 4) is 0 Å². The Labute approximate surface area is 246 Å². The zero-order valence-corrected chi connectivity index (χ0v) is 25.6. The zero-order chi connectivity index (χ0) is 25.6. The van der Waals surface area contributed by atoms with Crippen molar-refractivity contribution >= 4 is 114 Å². The fraction of sp³-hybridized carbons (Fsp3) is 0.214. The van der Waals surface area contributed by atoms with Crippen molar-refractivity contribution in [1.82, 2.24) is 19.9 Å². The summed E-state index contributed by atoms with van der Waals surface area (Å²) >= 11 is 11.7. The summed E-state index contributed by atoms with van der Waals surface area (Å²) in [6.45, 7) is 4.51. The highest BCUT2D eigenvalue weighted by Crippen LogP contribution is 2.64. The van der Waals surface area contributed by atoms with Crippen LogP contribution in [0.15, 0.2) is 75.5 Å². The van der Waals surface area contributed by atoms with Gasteiger partial charge in [0.15, 0.2) is 0 Å². The predicted octanol–water partition coefficient (Wildman–Crippen LogP) is 10.1. The number of thioether (sulfide) groups is 6. The molecule has 0 radical (unpaired) electrons. The summed E-state index contributed by atoms with van der Waals surface area (Å²) in [5.74, 6) is 2.34. The van der Waals surface area contributed by atoms with Crippen LogP contribution in [0.2, 0.25) is 0 Å². The van der Waals surface area contributed by atoms with Gasteiger partial charge in [-0.05, 0) is 48.6 Å². The summed E-state index contributed by atoms with van der Waals surface area (Å²) in [6, 6.07) is 12.5. The summed E-state index contributed by atoms with van der Waals surface area (Å²) in [7, 11) is 0. The molecule has 0 unspecified atom stereocenters. The molecular weight excluding hydrogens is 585 g/mol. The van der Waals surface area contributed by atoms with Gasteiger partial charge in [-0.3, -0.25) is 9.97 Å². The maximum absolute atomic E-state index is 5.12. The lowest BCUT2D eigenvalue weighted by Gasteiger charge is -2.09. The van der Waals surface area contributed by atoms with Gasteiger partial charge in [0, 0.05) is 33.0 Å². The lowest BCUT2D eigenvalue weighted by Crippen LogP contribution is -1.94. The first-order valence-electron chi connectivity index (χ1n) is 12.5. The first kappa shape index (κ1) is 25.4. The predicted molar refractivity (Wildman–Crippen MR) is 174 cm³/mol. The lowest BCUT2D eigenvalue weighted by atomic mass is 10.1. The van der Waals surface area contributed by atoms with E-state index in [9.17, 15) is 0 Å². The van der Waals surface area contributed by atoms with E-state index in [2.05, 4.69) is 38.1 Å². The van der Waals surface area contributed by atoms with Crippen LogP contribution in [0.5, 0.6) is 0 Å². The van der Waals surface area contributed by atoms with Crippen molar-refractivity contribution in [2.45, 2.75) is 36.5 Å². The number of pyridine rings is 2. The smallest absolute Gasteiger partial charge is 0.118 e. The Balaban J connectivity index is 1.30. The number of rotatable bonds is 6. The topological polar surface area (TPSA) is 51.6 Å². The van der Waals surface area contributed by atoms with E-state index in [-0.39, 0.29) is 0 Å². The van der Waals surface area contributed by atoms with E-state index in [1.165, 1.54) is 51.1 Å². The summed E-state index contributed by atoms with van der Waals surface area (Å²) in [4.78, 5) is 22.1. The lowest BCUT2D eigenvalue weighted by molar-refractivity contribution is 1.11. The van der Waals surface area contributed by atoms with Crippen molar-refractivity contribution in [3.05, 3.63) is 65.7 Å². The second-order valence-electron chi connectivity index (χ2n) is 8.76. The Kier molecular flexibility index (Phi) is 7.21. The highest BCUT2D eigenvalue weighted by Gasteiger charge is 2.29. The highest BCUT2D eigenvalue weighted by molar-refractivity contribution is 8.42. The number of aromatic nitrogens is 4. The van der Waals surface area contributed by atoms with Crippen LogP contribution in [0.1, 0.15) is 26.7 Å². The molecule has 10 heteroatoms. The van der Waals surface area contributed by atoms with Crippen molar-refractivity contribution in [3.63, 3.8) is 0 Å². The molecule has 0 atom stereocenters. The molecule has 0 fully saturated rings. The summed E-state index contributed by atoms with van der Waals surface area (Å²) in [5.41, 5.74) is 5.19. The molecule has 190 valence electrons. The summed E-state index contributed by atoms with van der Waals surface area (Å²) in [6.07, 6.45) is 6.05. The van der Waals surface area contributed by atoms with Gasteiger partial charge in [0.05, 0.1) is 39.0 Å². The van der Waals surface area contributed by atoms with E-state index < -0.39 is 0 Å². The molecular formula is C28H22N4S6. The number of hydrogen-bond acceptors (Lipinski definition) is 10. The molecule has 3 aromatic heterocycles. The minimum absolute atomic E-state index is 0.815. The quantitative estimate of drug-likeness (QED) is 0.138. The van der Waals surface area contributed by atoms with Gasteiger partial charge in [0.2, 0.25) is 0 Å². The molecule has 0 N–H and O–H groups in total. The number of nitrogens with zero attached hydrogens (tertiary/aromatic N) is 4. The first-order chi connectivity index (χ1) is 18.7. The van der Waals surface area contributed by atoms with E-state index in [1.807, 2.05) is 95.1 Å². The fourth-order valence-corrected chi connectivity index (χ4v) is 12.9. The van der Waals surface area contributed by atoms with Gasteiger partial charge in [-0.15, -0.1) is 23.5 Å². The molecule has 0 saturated carbocycles. The van der Waals surface area contributed by atoms with Crippen LogP contribution in [0.3, 0.4) is 0 Å². The summed E-state index contributed by atoms with van der Waals surface area (Å²) in [5, 5.41) is 2.12. The molecule has 0 spiro atoms. The Hall–Kier alpha value is -1.56.